The van der Waals surface area contributed by atoms with Gasteiger partial charge in [0.05, 0.1) is 6.61 Å². The molecule has 0 saturated carbocycles. The molecule has 21 heavy (non-hydrogen) atoms. The number of carbonyl (C=O) groups excluding carboxylic acids is 1. The lowest BCUT2D eigenvalue weighted by atomic mass is 9.92. The van der Waals surface area contributed by atoms with Crippen molar-refractivity contribution in [1.82, 2.24) is 4.90 Å². The minimum absolute atomic E-state index is 0.0845. The second-order valence-electron chi connectivity index (χ2n) is 5.93. The van der Waals surface area contributed by atoms with E-state index in [0.717, 1.165) is 37.2 Å². The Kier molecular flexibility index (Phi) is 5.23. The van der Waals surface area contributed by atoms with Crippen molar-refractivity contribution < 1.29 is 9.53 Å². The van der Waals surface area contributed by atoms with Crippen LogP contribution in [-0.4, -0.2) is 36.5 Å². The molecule has 1 aromatic carbocycles. The average molecular weight is 290 g/mol. The SMILES string of the molecule is CCOc1cc(C(=O)N2CCC[C@H]([C@H](C)N)C2)ccc1C. The Morgan fingerprint density at radius 2 is 2.29 bits per heavy atom. The highest BCUT2D eigenvalue weighted by atomic mass is 16.5. The molecule has 0 bridgehead atoms. The van der Waals surface area contributed by atoms with Crippen molar-refractivity contribution in [3.8, 4) is 5.75 Å². The fourth-order valence-corrected chi connectivity index (χ4v) is 2.85. The Labute approximate surface area is 127 Å². The Hall–Kier alpha value is -1.55. The number of rotatable bonds is 4. The number of nitrogens with zero attached hydrogens (tertiary/aromatic N) is 1. The molecule has 1 saturated heterocycles. The van der Waals surface area contributed by atoms with Gasteiger partial charge in [-0.2, -0.15) is 0 Å². The number of likely N-dealkylation sites (tertiary alicyclic amines) is 1. The van der Waals surface area contributed by atoms with Crippen molar-refractivity contribution in [1.29, 1.82) is 0 Å². The van der Waals surface area contributed by atoms with Crippen molar-refractivity contribution >= 4 is 5.91 Å². The third-order valence-electron chi connectivity index (χ3n) is 4.22. The molecule has 4 nitrogen and oxygen atoms in total. The van der Waals surface area contributed by atoms with Gasteiger partial charge in [0, 0.05) is 24.7 Å². The fourth-order valence-electron chi connectivity index (χ4n) is 2.85. The second kappa shape index (κ2) is 6.94. The lowest BCUT2D eigenvalue weighted by molar-refractivity contribution is 0.0660. The van der Waals surface area contributed by atoms with E-state index in [1.54, 1.807) is 0 Å². The maximum absolute atomic E-state index is 12.7. The van der Waals surface area contributed by atoms with Gasteiger partial charge >= 0.3 is 0 Å². The summed E-state index contributed by atoms with van der Waals surface area (Å²) in [5.74, 6) is 1.28. The van der Waals surface area contributed by atoms with E-state index < -0.39 is 0 Å². The monoisotopic (exact) mass is 290 g/mol. The minimum atomic E-state index is 0.0845. The molecule has 1 fully saturated rings. The zero-order chi connectivity index (χ0) is 15.4. The fraction of sp³-hybridized carbons (Fsp3) is 0.588. The van der Waals surface area contributed by atoms with Crippen LogP contribution in [-0.2, 0) is 0 Å². The van der Waals surface area contributed by atoms with Crippen LogP contribution >= 0.6 is 0 Å². The first-order chi connectivity index (χ1) is 10.0. The van der Waals surface area contributed by atoms with Crippen molar-refractivity contribution in [3.63, 3.8) is 0 Å². The maximum atomic E-state index is 12.7. The van der Waals surface area contributed by atoms with Crippen molar-refractivity contribution in [3.05, 3.63) is 29.3 Å². The van der Waals surface area contributed by atoms with Crippen LogP contribution in [0.5, 0.6) is 5.75 Å². The third-order valence-corrected chi connectivity index (χ3v) is 4.22. The van der Waals surface area contributed by atoms with Gasteiger partial charge in [-0.3, -0.25) is 4.79 Å². The van der Waals surface area contributed by atoms with Crippen LogP contribution < -0.4 is 10.5 Å². The summed E-state index contributed by atoms with van der Waals surface area (Å²) < 4.78 is 5.58. The second-order valence-corrected chi connectivity index (χ2v) is 5.93. The molecule has 1 aliphatic rings. The Bertz CT molecular complexity index is 500. The van der Waals surface area contributed by atoms with Crippen molar-refractivity contribution in [2.24, 2.45) is 11.7 Å². The molecule has 2 N–H and O–H groups in total. The van der Waals surface area contributed by atoms with Crippen LogP contribution in [0.2, 0.25) is 0 Å². The molecule has 2 rings (SSSR count). The van der Waals surface area contributed by atoms with Crippen LogP contribution in [0, 0.1) is 12.8 Å². The summed E-state index contributed by atoms with van der Waals surface area (Å²) in [6.45, 7) is 8.15. The topological polar surface area (TPSA) is 55.6 Å². The number of nitrogens with two attached hydrogens (primary N) is 1. The van der Waals surface area contributed by atoms with Gasteiger partial charge in [0.15, 0.2) is 0 Å². The van der Waals surface area contributed by atoms with E-state index in [2.05, 4.69) is 0 Å². The molecule has 1 heterocycles. The van der Waals surface area contributed by atoms with Gasteiger partial charge in [0.1, 0.15) is 5.75 Å². The normalized spacial score (nSPS) is 20.2. The summed E-state index contributed by atoms with van der Waals surface area (Å²) in [7, 11) is 0. The number of hydrogen-bond acceptors (Lipinski definition) is 3. The zero-order valence-electron chi connectivity index (χ0n) is 13.3. The first-order valence-corrected chi connectivity index (χ1v) is 7.81. The van der Waals surface area contributed by atoms with Crippen LogP contribution in [0.4, 0.5) is 0 Å². The van der Waals surface area contributed by atoms with E-state index >= 15 is 0 Å². The largest absolute Gasteiger partial charge is 0.494 e. The number of piperidine rings is 1. The quantitative estimate of drug-likeness (QED) is 0.927. The molecular formula is C17H26N2O2. The van der Waals surface area contributed by atoms with Gasteiger partial charge in [0.2, 0.25) is 0 Å². The zero-order valence-corrected chi connectivity index (χ0v) is 13.3. The lowest BCUT2D eigenvalue weighted by Gasteiger charge is -2.34. The van der Waals surface area contributed by atoms with Gasteiger partial charge < -0.3 is 15.4 Å². The standard InChI is InChI=1S/C17H26N2O2/c1-4-21-16-10-14(8-7-12(16)2)17(20)19-9-5-6-15(11-19)13(3)18/h7-8,10,13,15H,4-6,9,11,18H2,1-3H3/t13-,15-/m0/s1. The van der Waals surface area contributed by atoms with Crippen molar-refractivity contribution in [2.45, 2.75) is 39.7 Å². The minimum Gasteiger partial charge on any atom is -0.494 e. The molecule has 2 atom stereocenters. The van der Waals surface area contributed by atoms with Crippen LogP contribution in [0.25, 0.3) is 0 Å². The molecule has 4 heteroatoms. The predicted molar refractivity (Wildman–Crippen MR) is 84.6 cm³/mol. The van der Waals surface area contributed by atoms with E-state index in [1.165, 1.54) is 0 Å². The van der Waals surface area contributed by atoms with Crippen LogP contribution in [0.1, 0.15) is 42.6 Å². The summed E-state index contributed by atoms with van der Waals surface area (Å²) in [6, 6.07) is 5.83. The van der Waals surface area contributed by atoms with Crippen molar-refractivity contribution in [2.75, 3.05) is 19.7 Å². The van der Waals surface area contributed by atoms with Gasteiger partial charge in [-0.1, -0.05) is 6.07 Å². The number of carbonyl (C=O) groups is 1. The number of amides is 1. The van der Waals surface area contributed by atoms with Gasteiger partial charge in [0.25, 0.3) is 5.91 Å². The summed E-state index contributed by atoms with van der Waals surface area (Å²) in [5, 5.41) is 0. The summed E-state index contributed by atoms with van der Waals surface area (Å²) in [4.78, 5) is 14.6. The molecule has 1 aromatic rings. The molecule has 0 radical (unpaired) electrons. The van der Waals surface area contributed by atoms with Gasteiger partial charge in [-0.05, 0) is 57.2 Å². The molecular weight excluding hydrogens is 264 g/mol. The number of benzene rings is 1. The van der Waals surface area contributed by atoms with Crippen LogP contribution in [0.15, 0.2) is 18.2 Å². The smallest absolute Gasteiger partial charge is 0.253 e. The Morgan fingerprint density at radius 1 is 1.52 bits per heavy atom. The molecule has 1 aliphatic heterocycles. The Morgan fingerprint density at radius 3 is 2.95 bits per heavy atom. The molecule has 0 aliphatic carbocycles. The molecule has 116 valence electrons. The third kappa shape index (κ3) is 3.76. The van der Waals surface area contributed by atoms with E-state index in [4.69, 9.17) is 10.5 Å². The predicted octanol–water partition coefficient (Wildman–Crippen LogP) is 2.59. The van der Waals surface area contributed by atoms with Gasteiger partial charge in [-0.15, -0.1) is 0 Å². The highest BCUT2D eigenvalue weighted by Crippen LogP contribution is 2.24. The lowest BCUT2D eigenvalue weighted by Crippen LogP contribution is -2.45. The maximum Gasteiger partial charge on any atom is 0.253 e. The highest BCUT2D eigenvalue weighted by Gasteiger charge is 2.26. The van der Waals surface area contributed by atoms with E-state index in [-0.39, 0.29) is 11.9 Å². The highest BCUT2D eigenvalue weighted by molar-refractivity contribution is 5.94. The molecule has 0 unspecified atom stereocenters. The van der Waals surface area contributed by atoms with E-state index in [9.17, 15) is 4.79 Å². The number of aryl methyl sites for hydroxylation is 1. The van der Waals surface area contributed by atoms with E-state index in [0.29, 0.717) is 18.1 Å². The molecule has 0 aromatic heterocycles. The summed E-state index contributed by atoms with van der Waals surface area (Å²) >= 11 is 0. The molecule has 0 spiro atoms. The average Bonchev–Trinajstić information content (AvgIpc) is 2.49. The summed E-state index contributed by atoms with van der Waals surface area (Å²) in [5.41, 5.74) is 7.75. The first kappa shape index (κ1) is 15.8. The van der Waals surface area contributed by atoms with E-state index in [1.807, 2.05) is 43.9 Å². The van der Waals surface area contributed by atoms with Gasteiger partial charge in [-0.25, -0.2) is 0 Å². The first-order valence-electron chi connectivity index (χ1n) is 7.81. The summed E-state index contributed by atoms with van der Waals surface area (Å²) in [6.07, 6.45) is 2.14. The number of ether oxygens (including phenoxy) is 1. The number of hydrogen-bond donors (Lipinski definition) is 1. The van der Waals surface area contributed by atoms with Crippen LogP contribution in [0.3, 0.4) is 0 Å². The molecule has 1 amide bonds. The Balaban J connectivity index is 2.14.